The van der Waals surface area contributed by atoms with E-state index in [1.807, 2.05) is 30.3 Å². The molecule has 0 bridgehead atoms. The van der Waals surface area contributed by atoms with Crippen LogP contribution in [0, 0.1) is 0 Å². The first-order chi connectivity index (χ1) is 6.70. The van der Waals surface area contributed by atoms with Crippen molar-refractivity contribution in [2.24, 2.45) is 0 Å². The fraction of sp³-hybridized carbons (Fsp3) is 0.500. The van der Waals surface area contributed by atoms with Gasteiger partial charge in [-0.3, -0.25) is 0 Å². The van der Waals surface area contributed by atoms with Gasteiger partial charge in [-0.2, -0.15) is 0 Å². The molecule has 0 aliphatic rings. The quantitative estimate of drug-likeness (QED) is 0.712. The molecule has 2 heteroatoms. The monoisotopic (exact) mass is 193 g/mol. The summed E-state index contributed by atoms with van der Waals surface area (Å²) in [5, 5.41) is 0. The minimum Gasteiger partial charge on any atom is -0.492 e. The smallest absolute Gasteiger partial charge is 0.119 e. The van der Waals surface area contributed by atoms with Crippen molar-refractivity contribution in [1.29, 1.82) is 0 Å². The maximum Gasteiger partial charge on any atom is 0.119 e. The summed E-state index contributed by atoms with van der Waals surface area (Å²) in [6.07, 6.45) is 0. The van der Waals surface area contributed by atoms with Crippen LogP contribution in [0.25, 0.3) is 0 Å². The van der Waals surface area contributed by atoms with Gasteiger partial charge < -0.3 is 9.64 Å². The topological polar surface area (TPSA) is 12.5 Å². The fourth-order valence-corrected chi connectivity index (χ4v) is 1.08. The summed E-state index contributed by atoms with van der Waals surface area (Å²) in [6, 6.07) is 10.5. The number of benzene rings is 1. The molecule has 1 aromatic carbocycles. The molecule has 0 radical (unpaired) electrons. The SMILES string of the molecule is CC(C)N(C)CCOc1ccccc1. The Morgan fingerprint density at radius 3 is 2.43 bits per heavy atom. The fourth-order valence-electron chi connectivity index (χ4n) is 1.08. The highest BCUT2D eigenvalue weighted by Crippen LogP contribution is 2.07. The van der Waals surface area contributed by atoms with E-state index >= 15 is 0 Å². The normalized spacial score (nSPS) is 10.9. The highest BCUT2D eigenvalue weighted by atomic mass is 16.5. The van der Waals surface area contributed by atoms with Crippen LogP contribution in [0.3, 0.4) is 0 Å². The number of rotatable bonds is 5. The van der Waals surface area contributed by atoms with Crippen LogP contribution in [-0.4, -0.2) is 31.1 Å². The summed E-state index contributed by atoms with van der Waals surface area (Å²) in [6.45, 7) is 6.08. The average molecular weight is 193 g/mol. The molecule has 1 aromatic rings. The predicted octanol–water partition coefficient (Wildman–Crippen LogP) is 2.41. The van der Waals surface area contributed by atoms with Gasteiger partial charge >= 0.3 is 0 Å². The van der Waals surface area contributed by atoms with Crippen LogP contribution in [0.4, 0.5) is 0 Å². The number of para-hydroxylation sites is 1. The third-order valence-electron chi connectivity index (χ3n) is 2.34. The first-order valence-electron chi connectivity index (χ1n) is 5.08. The second-order valence-electron chi connectivity index (χ2n) is 3.74. The van der Waals surface area contributed by atoms with Crippen molar-refractivity contribution in [2.75, 3.05) is 20.2 Å². The average Bonchev–Trinajstić information content (AvgIpc) is 2.19. The van der Waals surface area contributed by atoms with Crippen LogP contribution in [0.2, 0.25) is 0 Å². The molecule has 0 amide bonds. The second-order valence-corrected chi connectivity index (χ2v) is 3.74. The van der Waals surface area contributed by atoms with E-state index in [1.165, 1.54) is 0 Å². The van der Waals surface area contributed by atoms with E-state index in [4.69, 9.17) is 4.74 Å². The largest absolute Gasteiger partial charge is 0.492 e. The van der Waals surface area contributed by atoms with Crippen LogP contribution >= 0.6 is 0 Å². The van der Waals surface area contributed by atoms with Crippen LogP contribution in [0.1, 0.15) is 13.8 Å². The maximum absolute atomic E-state index is 5.59. The Balaban J connectivity index is 2.22. The number of hydrogen-bond acceptors (Lipinski definition) is 2. The number of ether oxygens (including phenoxy) is 1. The first-order valence-corrected chi connectivity index (χ1v) is 5.08. The van der Waals surface area contributed by atoms with E-state index in [9.17, 15) is 0 Å². The Morgan fingerprint density at radius 1 is 1.21 bits per heavy atom. The molecular weight excluding hydrogens is 174 g/mol. The molecule has 2 nitrogen and oxygen atoms in total. The molecule has 14 heavy (non-hydrogen) atoms. The lowest BCUT2D eigenvalue weighted by atomic mass is 10.3. The molecule has 78 valence electrons. The van der Waals surface area contributed by atoms with Crippen LogP contribution < -0.4 is 4.74 Å². The van der Waals surface area contributed by atoms with E-state index in [2.05, 4.69) is 25.8 Å². The molecule has 1 rings (SSSR count). The summed E-state index contributed by atoms with van der Waals surface area (Å²) in [4.78, 5) is 2.27. The van der Waals surface area contributed by atoms with Gasteiger partial charge in [0, 0.05) is 12.6 Å². The van der Waals surface area contributed by atoms with Gasteiger partial charge in [-0.05, 0) is 33.0 Å². The molecule has 0 N–H and O–H groups in total. The molecule has 0 atom stereocenters. The summed E-state index contributed by atoms with van der Waals surface area (Å²) < 4.78 is 5.59. The van der Waals surface area contributed by atoms with Crippen LogP contribution in [0.5, 0.6) is 5.75 Å². The zero-order valence-electron chi connectivity index (χ0n) is 9.23. The van der Waals surface area contributed by atoms with E-state index in [1.54, 1.807) is 0 Å². The summed E-state index contributed by atoms with van der Waals surface area (Å²) >= 11 is 0. The van der Waals surface area contributed by atoms with E-state index in [0.717, 1.165) is 18.9 Å². The zero-order valence-corrected chi connectivity index (χ0v) is 9.23. The van der Waals surface area contributed by atoms with Gasteiger partial charge in [0.1, 0.15) is 12.4 Å². The van der Waals surface area contributed by atoms with Crippen molar-refractivity contribution >= 4 is 0 Å². The van der Waals surface area contributed by atoms with Gasteiger partial charge in [0.25, 0.3) is 0 Å². The van der Waals surface area contributed by atoms with Crippen LogP contribution in [0.15, 0.2) is 30.3 Å². The minimum atomic E-state index is 0.578. The van der Waals surface area contributed by atoms with Crippen molar-refractivity contribution in [2.45, 2.75) is 19.9 Å². The maximum atomic E-state index is 5.59. The second kappa shape index (κ2) is 5.66. The van der Waals surface area contributed by atoms with Gasteiger partial charge in [0.2, 0.25) is 0 Å². The number of nitrogens with zero attached hydrogens (tertiary/aromatic N) is 1. The molecule has 0 aliphatic heterocycles. The zero-order chi connectivity index (χ0) is 10.4. The molecule has 0 saturated heterocycles. The van der Waals surface area contributed by atoms with Gasteiger partial charge in [-0.25, -0.2) is 0 Å². The van der Waals surface area contributed by atoms with Crippen molar-refractivity contribution in [3.05, 3.63) is 30.3 Å². The summed E-state index contributed by atoms with van der Waals surface area (Å²) in [5.41, 5.74) is 0. The molecule has 0 heterocycles. The standard InChI is InChI=1S/C12H19NO/c1-11(2)13(3)9-10-14-12-7-5-4-6-8-12/h4-8,11H,9-10H2,1-3H3. The van der Waals surface area contributed by atoms with Crippen molar-refractivity contribution < 1.29 is 4.74 Å². The molecular formula is C12H19NO. The molecule has 0 aliphatic carbocycles. The van der Waals surface area contributed by atoms with Gasteiger partial charge in [-0.1, -0.05) is 18.2 Å². The van der Waals surface area contributed by atoms with Gasteiger partial charge in [0.05, 0.1) is 0 Å². The molecule has 0 unspecified atom stereocenters. The highest BCUT2D eigenvalue weighted by molar-refractivity contribution is 5.20. The Morgan fingerprint density at radius 2 is 1.86 bits per heavy atom. The number of hydrogen-bond donors (Lipinski definition) is 0. The van der Waals surface area contributed by atoms with Crippen LogP contribution in [-0.2, 0) is 0 Å². The lowest BCUT2D eigenvalue weighted by Crippen LogP contribution is -2.30. The minimum absolute atomic E-state index is 0.578. The Labute approximate surface area is 86.5 Å². The molecule has 0 aromatic heterocycles. The van der Waals surface area contributed by atoms with Crippen molar-refractivity contribution in [1.82, 2.24) is 4.90 Å². The third kappa shape index (κ3) is 3.79. The Hall–Kier alpha value is -1.02. The molecule has 0 fully saturated rings. The lowest BCUT2D eigenvalue weighted by molar-refractivity contribution is 0.208. The molecule has 0 saturated carbocycles. The summed E-state index contributed by atoms with van der Waals surface area (Å²) in [5.74, 6) is 0.949. The summed E-state index contributed by atoms with van der Waals surface area (Å²) in [7, 11) is 2.11. The van der Waals surface area contributed by atoms with Crippen molar-refractivity contribution in [3.63, 3.8) is 0 Å². The number of likely N-dealkylation sites (N-methyl/N-ethyl adjacent to an activating group) is 1. The van der Waals surface area contributed by atoms with E-state index in [0.29, 0.717) is 6.04 Å². The molecule has 0 spiro atoms. The Bertz CT molecular complexity index is 246. The highest BCUT2D eigenvalue weighted by Gasteiger charge is 2.02. The van der Waals surface area contributed by atoms with Gasteiger partial charge in [0.15, 0.2) is 0 Å². The lowest BCUT2D eigenvalue weighted by Gasteiger charge is -2.20. The first kappa shape index (κ1) is 11.1. The predicted molar refractivity (Wildman–Crippen MR) is 59.7 cm³/mol. The van der Waals surface area contributed by atoms with Gasteiger partial charge in [-0.15, -0.1) is 0 Å². The third-order valence-corrected chi connectivity index (χ3v) is 2.34. The Kier molecular flexibility index (Phi) is 4.47. The van der Waals surface area contributed by atoms with E-state index < -0.39 is 0 Å². The van der Waals surface area contributed by atoms with Crippen molar-refractivity contribution in [3.8, 4) is 5.75 Å². The van der Waals surface area contributed by atoms with E-state index in [-0.39, 0.29) is 0 Å².